The van der Waals surface area contributed by atoms with E-state index in [1.54, 1.807) is 0 Å². The van der Waals surface area contributed by atoms with Gasteiger partial charge in [0.1, 0.15) is 5.82 Å². The number of nitrogens with one attached hydrogen (secondary N) is 1. The number of rotatable bonds is 6. The highest BCUT2D eigenvalue weighted by Crippen LogP contribution is 2.27. The molecule has 0 aromatic heterocycles. The zero-order valence-corrected chi connectivity index (χ0v) is 14.2. The van der Waals surface area contributed by atoms with Crippen molar-refractivity contribution in [3.05, 3.63) is 35.6 Å². The van der Waals surface area contributed by atoms with E-state index >= 15 is 0 Å². The van der Waals surface area contributed by atoms with Crippen molar-refractivity contribution in [2.75, 3.05) is 32.8 Å². The molecule has 2 fully saturated rings. The zero-order chi connectivity index (χ0) is 16.8. The largest absolute Gasteiger partial charge is 0.379 e. The van der Waals surface area contributed by atoms with Gasteiger partial charge in [-0.1, -0.05) is 25.0 Å². The molecule has 1 aromatic carbocycles. The number of hydrogen-bond donors (Lipinski definition) is 1. The minimum Gasteiger partial charge on any atom is -0.379 e. The molecule has 0 bridgehead atoms. The highest BCUT2D eigenvalue weighted by Gasteiger charge is 2.24. The van der Waals surface area contributed by atoms with Crippen molar-refractivity contribution in [3.63, 3.8) is 0 Å². The molecule has 0 spiro atoms. The number of hydrogen-bond acceptors (Lipinski definition) is 3. The Kier molecular flexibility index (Phi) is 6.21. The monoisotopic (exact) mass is 334 g/mol. The van der Waals surface area contributed by atoms with Crippen LogP contribution in [-0.2, 0) is 9.53 Å². The molecule has 1 aromatic rings. The third-order valence-electron chi connectivity index (χ3n) is 5.18. The summed E-state index contributed by atoms with van der Waals surface area (Å²) in [7, 11) is 0. The Labute approximate surface area is 143 Å². The van der Waals surface area contributed by atoms with E-state index in [1.165, 1.54) is 37.8 Å². The topological polar surface area (TPSA) is 41.6 Å². The number of benzene rings is 1. The minimum atomic E-state index is -0.232. The van der Waals surface area contributed by atoms with Crippen molar-refractivity contribution >= 4 is 5.91 Å². The standard InChI is InChI=1S/C19H27FN2O2/c20-17-7-5-16(6-8-17)18(22-9-11-24-12-10-22)14-21-19(23)13-15-3-1-2-4-15/h5-8,15,18H,1-4,9-14H2,(H,21,23)/t18-/m1/s1. The van der Waals surface area contributed by atoms with Gasteiger partial charge in [-0.15, -0.1) is 0 Å². The maximum Gasteiger partial charge on any atom is 0.220 e. The van der Waals surface area contributed by atoms with Crippen LogP contribution in [0.4, 0.5) is 4.39 Å². The number of nitrogens with zero attached hydrogens (tertiary/aromatic N) is 1. The van der Waals surface area contributed by atoms with Crippen LogP contribution in [-0.4, -0.2) is 43.7 Å². The molecule has 1 amide bonds. The summed E-state index contributed by atoms with van der Waals surface area (Å²) in [5, 5.41) is 3.10. The van der Waals surface area contributed by atoms with E-state index < -0.39 is 0 Å². The second-order valence-electron chi connectivity index (χ2n) is 6.87. The molecule has 1 saturated carbocycles. The summed E-state index contributed by atoms with van der Waals surface area (Å²) in [6.45, 7) is 3.64. The number of carbonyl (C=O) groups is 1. The van der Waals surface area contributed by atoms with Gasteiger partial charge in [0.05, 0.1) is 19.3 Å². The quantitative estimate of drug-likeness (QED) is 0.870. The Bertz CT molecular complexity index is 523. The van der Waals surface area contributed by atoms with Crippen LogP contribution < -0.4 is 5.32 Å². The molecular formula is C19H27FN2O2. The molecule has 132 valence electrons. The van der Waals surface area contributed by atoms with Crippen LogP contribution in [0.5, 0.6) is 0 Å². The first-order chi connectivity index (χ1) is 11.7. The van der Waals surface area contributed by atoms with Crippen LogP contribution >= 0.6 is 0 Å². The van der Waals surface area contributed by atoms with Gasteiger partial charge in [-0.05, 0) is 36.5 Å². The smallest absolute Gasteiger partial charge is 0.220 e. The van der Waals surface area contributed by atoms with Crippen LogP contribution in [0.25, 0.3) is 0 Å². The van der Waals surface area contributed by atoms with E-state index in [9.17, 15) is 9.18 Å². The van der Waals surface area contributed by atoms with Gasteiger partial charge >= 0.3 is 0 Å². The fraction of sp³-hybridized carbons (Fsp3) is 0.632. The fourth-order valence-corrected chi connectivity index (χ4v) is 3.79. The minimum absolute atomic E-state index is 0.0713. The number of carbonyl (C=O) groups excluding carboxylic acids is 1. The van der Waals surface area contributed by atoms with Gasteiger partial charge < -0.3 is 10.1 Å². The Morgan fingerprint density at radius 2 is 1.88 bits per heavy atom. The van der Waals surface area contributed by atoms with E-state index in [2.05, 4.69) is 10.2 Å². The van der Waals surface area contributed by atoms with E-state index in [1.807, 2.05) is 12.1 Å². The molecule has 3 rings (SSSR count). The fourth-order valence-electron chi connectivity index (χ4n) is 3.79. The summed E-state index contributed by atoms with van der Waals surface area (Å²) in [4.78, 5) is 14.6. The Morgan fingerprint density at radius 1 is 1.21 bits per heavy atom. The van der Waals surface area contributed by atoms with E-state index in [0.717, 1.165) is 18.7 Å². The Morgan fingerprint density at radius 3 is 2.54 bits per heavy atom. The molecule has 1 aliphatic carbocycles. The normalized spacial score (nSPS) is 20.9. The summed E-state index contributed by atoms with van der Waals surface area (Å²) in [5.74, 6) is 0.463. The Hall–Kier alpha value is -1.46. The second kappa shape index (κ2) is 8.58. The molecule has 1 heterocycles. The van der Waals surface area contributed by atoms with Crippen molar-refractivity contribution in [1.82, 2.24) is 10.2 Å². The van der Waals surface area contributed by atoms with Gasteiger partial charge in [-0.25, -0.2) is 4.39 Å². The van der Waals surface area contributed by atoms with Crippen LogP contribution in [0.15, 0.2) is 24.3 Å². The van der Waals surface area contributed by atoms with Gasteiger partial charge in [0.2, 0.25) is 5.91 Å². The first-order valence-electron chi connectivity index (χ1n) is 9.06. The second-order valence-corrected chi connectivity index (χ2v) is 6.87. The third-order valence-corrected chi connectivity index (χ3v) is 5.18. The van der Waals surface area contributed by atoms with Gasteiger partial charge in [-0.2, -0.15) is 0 Å². The number of morpholine rings is 1. The van der Waals surface area contributed by atoms with Crippen molar-refractivity contribution < 1.29 is 13.9 Å². The molecule has 2 aliphatic rings. The highest BCUT2D eigenvalue weighted by molar-refractivity contribution is 5.76. The van der Waals surface area contributed by atoms with Crippen LogP contribution in [0, 0.1) is 11.7 Å². The lowest BCUT2D eigenvalue weighted by molar-refractivity contribution is -0.122. The summed E-state index contributed by atoms with van der Waals surface area (Å²) < 4.78 is 18.7. The van der Waals surface area contributed by atoms with Crippen LogP contribution in [0.3, 0.4) is 0 Å². The predicted molar refractivity (Wildman–Crippen MR) is 91.1 cm³/mol. The number of ether oxygens (including phenoxy) is 1. The molecule has 1 saturated heterocycles. The molecule has 4 nitrogen and oxygen atoms in total. The molecule has 1 aliphatic heterocycles. The summed E-state index contributed by atoms with van der Waals surface area (Å²) in [6, 6.07) is 6.69. The summed E-state index contributed by atoms with van der Waals surface area (Å²) >= 11 is 0. The molecule has 1 N–H and O–H groups in total. The van der Waals surface area contributed by atoms with Gasteiger partial charge in [-0.3, -0.25) is 9.69 Å². The molecule has 5 heteroatoms. The van der Waals surface area contributed by atoms with Crippen LogP contribution in [0.1, 0.15) is 43.7 Å². The first kappa shape index (κ1) is 17.4. The van der Waals surface area contributed by atoms with Crippen molar-refractivity contribution in [3.8, 4) is 0 Å². The lowest BCUT2D eigenvalue weighted by Gasteiger charge is -2.35. The molecule has 1 atom stereocenters. The third kappa shape index (κ3) is 4.77. The molecule has 0 unspecified atom stereocenters. The van der Waals surface area contributed by atoms with Crippen LogP contribution in [0.2, 0.25) is 0 Å². The molecular weight excluding hydrogens is 307 g/mol. The van der Waals surface area contributed by atoms with Gasteiger partial charge in [0.15, 0.2) is 0 Å². The predicted octanol–water partition coefficient (Wildman–Crippen LogP) is 2.90. The van der Waals surface area contributed by atoms with E-state index in [-0.39, 0.29) is 17.8 Å². The Balaban J connectivity index is 1.60. The van der Waals surface area contributed by atoms with Crippen molar-refractivity contribution in [2.24, 2.45) is 5.92 Å². The van der Waals surface area contributed by atoms with E-state index in [4.69, 9.17) is 4.74 Å². The SMILES string of the molecule is O=C(CC1CCCC1)NC[C@H](c1ccc(F)cc1)N1CCOCC1. The van der Waals surface area contributed by atoms with Crippen molar-refractivity contribution in [1.29, 1.82) is 0 Å². The number of halogens is 1. The maximum atomic E-state index is 13.2. The average molecular weight is 334 g/mol. The van der Waals surface area contributed by atoms with Gasteiger partial charge in [0, 0.05) is 26.1 Å². The van der Waals surface area contributed by atoms with Gasteiger partial charge in [0.25, 0.3) is 0 Å². The van der Waals surface area contributed by atoms with Crippen molar-refractivity contribution in [2.45, 2.75) is 38.1 Å². The number of amides is 1. The first-order valence-corrected chi connectivity index (χ1v) is 9.06. The maximum absolute atomic E-state index is 13.2. The molecule has 0 radical (unpaired) electrons. The summed E-state index contributed by atoms with van der Waals surface area (Å²) in [6.07, 6.45) is 5.50. The molecule has 24 heavy (non-hydrogen) atoms. The lowest BCUT2D eigenvalue weighted by atomic mass is 10.0. The lowest BCUT2D eigenvalue weighted by Crippen LogP contribution is -2.44. The average Bonchev–Trinajstić information content (AvgIpc) is 3.10. The summed E-state index contributed by atoms with van der Waals surface area (Å²) in [5.41, 5.74) is 1.04. The zero-order valence-electron chi connectivity index (χ0n) is 14.2. The van der Waals surface area contributed by atoms with E-state index in [0.29, 0.717) is 32.1 Å². The highest BCUT2D eigenvalue weighted by atomic mass is 19.1.